The highest BCUT2D eigenvalue weighted by molar-refractivity contribution is 7.92. The van der Waals surface area contributed by atoms with E-state index in [1.807, 2.05) is 43.3 Å². The molecule has 10 heteroatoms. The van der Waals surface area contributed by atoms with E-state index in [0.717, 1.165) is 40.0 Å². The minimum atomic E-state index is -3.41. The summed E-state index contributed by atoms with van der Waals surface area (Å²) in [6.07, 6.45) is 5.18. The Hall–Kier alpha value is -3.14. The van der Waals surface area contributed by atoms with Crippen molar-refractivity contribution in [2.24, 2.45) is 0 Å². The van der Waals surface area contributed by atoms with Crippen molar-refractivity contribution < 1.29 is 8.42 Å². The summed E-state index contributed by atoms with van der Waals surface area (Å²) in [5.74, 6) is 0. The van der Waals surface area contributed by atoms with Crippen LogP contribution >= 0.6 is 23.8 Å². The number of nitrogens with zero attached hydrogens (tertiary/aromatic N) is 3. The van der Waals surface area contributed by atoms with Crippen LogP contribution in [0.4, 0.5) is 17.1 Å². The fourth-order valence-electron chi connectivity index (χ4n) is 5.48. The lowest BCUT2D eigenvalue weighted by molar-refractivity contribution is 0.567. The molecule has 5 rings (SSSR count). The number of aromatic nitrogens is 1. The first-order chi connectivity index (χ1) is 18.3. The molecule has 3 heterocycles. The molecule has 0 bridgehead atoms. The Labute approximate surface area is 240 Å². The fourth-order valence-corrected chi connectivity index (χ4v) is 6.72. The first-order valence-corrected chi connectivity index (χ1v) is 15.3. The molecule has 2 aliphatic rings. The van der Waals surface area contributed by atoms with Gasteiger partial charge in [0.25, 0.3) is 0 Å². The van der Waals surface area contributed by atoms with Gasteiger partial charge in [0.15, 0.2) is 5.11 Å². The van der Waals surface area contributed by atoms with Crippen LogP contribution in [0.3, 0.4) is 0 Å². The highest BCUT2D eigenvalue weighted by Gasteiger charge is 2.42. The van der Waals surface area contributed by atoms with Gasteiger partial charge in [-0.1, -0.05) is 23.7 Å². The highest BCUT2D eigenvalue weighted by atomic mass is 35.5. The van der Waals surface area contributed by atoms with Crippen LogP contribution in [-0.2, 0) is 10.0 Å². The van der Waals surface area contributed by atoms with Gasteiger partial charge in [-0.2, -0.15) is 0 Å². The number of nitrogens with one attached hydrogen (secondary N) is 2. The molecular formula is C29H32ClN5O2S2. The molecule has 0 unspecified atom stereocenters. The number of allylic oxidation sites excluding steroid dienone is 1. The summed E-state index contributed by atoms with van der Waals surface area (Å²) in [7, 11) is -1.32. The lowest BCUT2D eigenvalue weighted by Gasteiger charge is -2.41. The predicted molar refractivity (Wildman–Crippen MR) is 165 cm³/mol. The van der Waals surface area contributed by atoms with Crippen molar-refractivity contribution in [1.82, 2.24) is 10.3 Å². The topological polar surface area (TPSA) is 77.6 Å². The summed E-state index contributed by atoms with van der Waals surface area (Å²) < 4.78 is 26.3. The molecular weight excluding hydrogens is 550 g/mol. The Morgan fingerprint density at radius 1 is 1.13 bits per heavy atom. The quantitative estimate of drug-likeness (QED) is 0.346. The second-order valence-electron chi connectivity index (χ2n) is 10.8. The van der Waals surface area contributed by atoms with E-state index in [4.69, 9.17) is 23.8 Å². The third-order valence-corrected chi connectivity index (χ3v) is 8.77. The van der Waals surface area contributed by atoms with Crippen molar-refractivity contribution in [3.8, 4) is 0 Å². The van der Waals surface area contributed by atoms with Gasteiger partial charge in [0.1, 0.15) is 0 Å². The monoisotopic (exact) mass is 581 g/mol. The van der Waals surface area contributed by atoms with Gasteiger partial charge >= 0.3 is 0 Å². The number of benzene rings is 2. The Morgan fingerprint density at radius 2 is 1.87 bits per heavy atom. The number of sulfonamides is 1. The van der Waals surface area contributed by atoms with E-state index in [0.29, 0.717) is 15.8 Å². The largest absolute Gasteiger partial charge is 0.365 e. The molecule has 1 aromatic heterocycles. The zero-order chi connectivity index (χ0) is 28.3. The van der Waals surface area contributed by atoms with Crippen molar-refractivity contribution in [2.45, 2.75) is 45.3 Å². The molecule has 7 nitrogen and oxygen atoms in total. The average molecular weight is 582 g/mol. The molecule has 1 fully saturated rings. The smallest absolute Gasteiger partial charge is 0.229 e. The zero-order valence-corrected chi connectivity index (χ0v) is 25.2. The molecule has 2 aliphatic heterocycles. The van der Waals surface area contributed by atoms with Crippen molar-refractivity contribution in [2.75, 3.05) is 27.8 Å². The maximum atomic E-state index is 11.8. The van der Waals surface area contributed by atoms with Crippen LogP contribution in [0.2, 0.25) is 5.02 Å². The number of fused-ring (bicyclic) bond motifs is 1. The number of hydrogen-bond donors (Lipinski definition) is 2. The van der Waals surface area contributed by atoms with Crippen LogP contribution in [0.1, 0.15) is 55.2 Å². The van der Waals surface area contributed by atoms with Crippen LogP contribution in [0.15, 0.2) is 60.8 Å². The molecule has 0 aliphatic carbocycles. The third kappa shape index (κ3) is 5.11. The number of likely N-dealkylation sites (N-methyl/N-ethyl adjacent to an activating group) is 1. The van der Waals surface area contributed by atoms with E-state index in [2.05, 4.69) is 64.8 Å². The molecule has 0 radical (unpaired) electrons. The van der Waals surface area contributed by atoms with Gasteiger partial charge in [0, 0.05) is 35.2 Å². The Balaban J connectivity index is 1.67. The number of aryl methyl sites for hydroxylation is 1. The number of thiocarbonyl (C=S) groups is 1. The van der Waals surface area contributed by atoms with Crippen LogP contribution in [0.5, 0.6) is 0 Å². The van der Waals surface area contributed by atoms with Gasteiger partial charge in [-0.15, -0.1) is 0 Å². The highest BCUT2D eigenvalue weighted by Crippen LogP contribution is 2.48. The minimum Gasteiger partial charge on any atom is -0.365 e. The SMILES string of the molecule is CC1=CC(C)(C)N(C)c2cc(Cl)c([C@H]3[C@@H](c4ccccn4)NC(=S)N3c3ccc(NS(C)(=O)=O)c(C)c3)cc21. The van der Waals surface area contributed by atoms with Gasteiger partial charge in [0.2, 0.25) is 10.0 Å². The number of pyridine rings is 1. The van der Waals surface area contributed by atoms with Gasteiger partial charge < -0.3 is 15.1 Å². The Morgan fingerprint density at radius 3 is 2.51 bits per heavy atom. The lowest BCUT2D eigenvalue weighted by atomic mass is 9.86. The summed E-state index contributed by atoms with van der Waals surface area (Å²) in [4.78, 5) is 8.94. The van der Waals surface area contributed by atoms with Crippen molar-refractivity contribution in [1.29, 1.82) is 0 Å². The molecule has 39 heavy (non-hydrogen) atoms. The van der Waals surface area contributed by atoms with Gasteiger partial charge in [-0.25, -0.2) is 8.42 Å². The summed E-state index contributed by atoms with van der Waals surface area (Å²) >= 11 is 13.0. The molecule has 204 valence electrons. The summed E-state index contributed by atoms with van der Waals surface area (Å²) in [6, 6.07) is 15.1. The first-order valence-electron chi connectivity index (χ1n) is 12.6. The van der Waals surface area contributed by atoms with E-state index < -0.39 is 10.0 Å². The molecule has 0 saturated carbocycles. The van der Waals surface area contributed by atoms with Gasteiger partial charge in [0.05, 0.1) is 35.3 Å². The van der Waals surface area contributed by atoms with E-state index in [9.17, 15) is 8.42 Å². The van der Waals surface area contributed by atoms with Crippen LogP contribution in [-0.4, -0.2) is 37.4 Å². The minimum absolute atomic E-state index is 0.139. The van der Waals surface area contributed by atoms with Crippen molar-refractivity contribution >= 4 is 61.6 Å². The summed E-state index contributed by atoms with van der Waals surface area (Å²) in [6.45, 7) is 8.37. The number of rotatable bonds is 5. The maximum absolute atomic E-state index is 11.8. The van der Waals surface area contributed by atoms with E-state index in [1.165, 1.54) is 5.57 Å². The standard InChI is InChI=1S/C29H32ClN5O2S2/c1-17-13-19(10-11-23(17)33-39(6,36)37)35-27(26(32-28(35)38)24-9-7-8-12-31-24)21-14-20-18(2)16-29(3,4)34(5)25(20)15-22(21)30/h7-16,26-27,33H,1-6H3,(H,32,38)/t26-,27+/m1/s1. The average Bonchev–Trinajstić information content (AvgIpc) is 3.20. The van der Waals surface area contributed by atoms with E-state index in [-0.39, 0.29) is 17.6 Å². The second kappa shape index (κ2) is 9.80. The molecule has 3 aromatic rings. The third-order valence-electron chi connectivity index (χ3n) is 7.54. The van der Waals surface area contributed by atoms with Crippen molar-refractivity contribution in [3.63, 3.8) is 0 Å². The normalized spacial score (nSPS) is 20.4. The van der Waals surface area contributed by atoms with Crippen LogP contribution in [0.25, 0.3) is 5.57 Å². The van der Waals surface area contributed by atoms with Crippen molar-refractivity contribution in [3.05, 3.63) is 88.2 Å². The summed E-state index contributed by atoms with van der Waals surface area (Å²) in [5, 5.41) is 4.66. The molecule has 2 N–H and O–H groups in total. The Kier molecular flexibility index (Phi) is 6.89. The Bertz CT molecular complexity index is 1610. The molecule has 2 aromatic carbocycles. The summed E-state index contributed by atoms with van der Waals surface area (Å²) in [5.41, 5.74) is 7.15. The lowest BCUT2D eigenvalue weighted by Crippen LogP contribution is -2.42. The number of halogens is 1. The molecule has 0 spiro atoms. The van der Waals surface area contributed by atoms with E-state index >= 15 is 0 Å². The maximum Gasteiger partial charge on any atom is 0.229 e. The zero-order valence-electron chi connectivity index (χ0n) is 22.8. The van der Waals surface area contributed by atoms with E-state index in [1.54, 1.807) is 12.3 Å². The fraction of sp³-hybridized carbons (Fsp3) is 0.310. The van der Waals surface area contributed by atoms with Crippen LogP contribution in [0, 0.1) is 6.92 Å². The predicted octanol–water partition coefficient (Wildman–Crippen LogP) is 6.22. The number of anilines is 3. The first kappa shape index (κ1) is 27.4. The second-order valence-corrected chi connectivity index (χ2v) is 13.3. The van der Waals surface area contributed by atoms with Gasteiger partial charge in [-0.05, 0) is 99.1 Å². The molecule has 1 saturated heterocycles. The number of hydrogen-bond acceptors (Lipinski definition) is 5. The van der Waals surface area contributed by atoms with Crippen LogP contribution < -0.4 is 19.8 Å². The molecule has 0 amide bonds. The van der Waals surface area contributed by atoms with Gasteiger partial charge in [-0.3, -0.25) is 9.71 Å². The molecule has 2 atom stereocenters.